The Kier molecular flexibility index (Phi) is 4.45. The second kappa shape index (κ2) is 6.50. The first-order valence-corrected chi connectivity index (χ1v) is 8.33. The summed E-state index contributed by atoms with van der Waals surface area (Å²) < 4.78 is 1.97. The van der Waals surface area contributed by atoms with E-state index in [2.05, 4.69) is 5.10 Å². The molecule has 1 aromatic heterocycles. The zero-order valence-corrected chi connectivity index (χ0v) is 13.3. The van der Waals surface area contributed by atoms with Gasteiger partial charge in [-0.25, -0.2) is 0 Å². The highest BCUT2D eigenvalue weighted by Gasteiger charge is 2.26. The van der Waals surface area contributed by atoms with Gasteiger partial charge in [-0.15, -0.1) is 0 Å². The minimum atomic E-state index is 0.00416. The Morgan fingerprint density at radius 1 is 1.09 bits per heavy atom. The molecule has 6 heteroatoms. The maximum Gasteiger partial charge on any atom is 0.274 e. The highest BCUT2D eigenvalue weighted by Crippen LogP contribution is 2.17. The smallest absolute Gasteiger partial charge is 0.274 e. The second-order valence-corrected chi connectivity index (χ2v) is 6.12. The van der Waals surface area contributed by atoms with Gasteiger partial charge in [0.1, 0.15) is 0 Å². The van der Waals surface area contributed by atoms with Crippen LogP contribution in [0.4, 0.5) is 0 Å². The number of hydrogen-bond donors (Lipinski definition) is 0. The SMILES string of the molecule is CCCC(=O)N1CCN(C(=O)c2cc3n(n2)CCCC3)CC1. The Hall–Kier alpha value is -1.85. The van der Waals surface area contributed by atoms with Crippen LogP contribution in [-0.2, 0) is 17.8 Å². The van der Waals surface area contributed by atoms with E-state index in [0.717, 1.165) is 25.8 Å². The van der Waals surface area contributed by atoms with Gasteiger partial charge in [0, 0.05) is 44.8 Å². The third-order valence-electron chi connectivity index (χ3n) is 4.52. The van der Waals surface area contributed by atoms with Crippen LogP contribution in [0.3, 0.4) is 0 Å². The Morgan fingerprint density at radius 2 is 1.82 bits per heavy atom. The maximum atomic E-state index is 12.6. The molecule has 6 nitrogen and oxygen atoms in total. The molecule has 1 aromatic rings. The lowest BCUT2D eigenvalue weighted by atomic mass is 10.1. The molecule has 1 saturated heterocycles. The first-order valence-electron chi connectivity index (χ1n) is 8.33. The molecule has 0 bridgehead atoms. The van der Waals surface area contributed by atoms with E-state index in [1.54, 1.807) is 0 Å². The molecule has 0 radical (unpaired) electrons. The van der Waals surface area contributed by atoms with Gasteiger partial charge in [0.2, 0.25) is 5.91 Å². The molecule has 0 saturated carbocycles. The fraction of sp³-hybridized carbons (Fsp3) is 0.688. The molecule has 0 unspecified atom stereocenters. The van der Waals surface area contributed by atoms with Crippen LogP contribution in [0.1, 0.15) is 48.8 Å². The highest BCUT2D eigenvalue weighted by atomic mass is 16.2. The molecule has 2 amide bonds. The molecule has 3 rings (SSSR count). The van der Waals surface area contributed by atoms with E-state index in [1.807, 2.05) is 27.5 Å². The lowest BCUT2D eigenvalue weighted by Crippen LogP contribution is -2.50. The zero-order valence-electron chi connectivity index (χ0n) is 13.3. The zero-order chi connectivity index (χ0) is 15.5. The number of nitrogens with zero attached hydrogens (tertiary/aromatic N) is 4. The van der Waals surface area contributed by atoms with Crippen molar-refractivity contribution in [2.24, 2.45) is 0 Å². The van der Waals surface area contributed by atoms with E-state index >= 15 is 0 Å². The summed E-state index contributed by atoms with van der Waals surface area (Å²) in [5.41, 5.74) is 1.73. The van der Waals surface area contributed by atoms with Crippen molar-refractivity contribution in [3.8, 4) is 0 Å². The third-order valence-corrected chi connectivity index (χ3v) is 4.52. The average Bonchev–Trinajstić information content (AvgIpc) is 2.98. The van der Waals surface area contributed by atoms with Gasteiger partial charge in [0.15, 0.2) is 5.69 Å². The molecule has 1 fully saturated rings. The molecule has 0 aromatic carbocycles. The Labute approximate surface area is 131 Å². The van der Waals surface area contributed by atoms with Crippen LogP contribution < -0.4 is 0 Å². The Balaban J connectivity index is 1.60. The summed E-state index contributed by atoms with van der Waals surface area (Å²) in [6.45, 7) is 5.42. The first-order chi connectivity index (χ1) is 10.7. The minimum Gasteiger partial charge on any atom is -0.339 e. The van der Waals surface area contributed by atoms with Gasteiger partial charge >= 0.3 is 0 Å². The van der Waals surface area contributed by atoms with Crippen molar-refractivity contribution in [3.63, 3.8) is 0 Å². The number of carbonyl (C=O) groups is 2. The summed E-state index contributed by atoms with van der Waals surface area (Å²) in [6, 6.07) is 1.94. The van der Waals surface area contributed by atoms with Gasteiger partial charge in [-0.2, -0.15) is 5.10 Å². The molecule has 2 aliphatic rings. The van der Waals surface area contributed by atoms with Crippen molar-refractivity contribution in [1.29, 1.82) is 0 Å². The topological polar surface area (TPSA) is 58.4 Å². The molecule has 0 spiro atoms. The second-order valence-electron chi connectivity index (χ2n) is 6.12. The summed E-state index contributed by atoms with van der Waals surface area (Å²) >= 11 is 0. The normalized spacial score (nSPS) is 18.2. The summed E-state index contributed by atoms with van der Waals surface area (Å²) in [5, 5.41) is 4.45. The monoisotopic (exact) mass is 304 g/mol. The fourth-order valence-corrected chi connectivity index (χ4v) is 3.22. The first kappa shape index (κ1) is 15.1. The fourth-order valence-electron chi connectivity index (χ4n) is 3.22. The van der Waals surface area contributed by atoms with Gasteiger partial charge in [-0.1, -0.05) is 6.92 Å². The third kappa shape index (κ3) is 3.00. The standard InChI is InChI=1S/C16H24N4O2/c1-2-5-15(21)18-8-10-19(11-9-18)16(22)14-12-13-6-3-4-7-20(13)17-14/h12H,2-11H2,1H3. The summed E-state index contributed by atoms with van der Waals surface area (Å²) in [4.78, 5) is 28.1. The molecule has 3 heterocycles. The molecule has 2 aliphatic heterocycles. The number of amides is 2. The number of piperazine rings is 1. The van der Waals surface area contributed by atoms with Crippen LogP contribution >= 0.6 is 0 Å². The lowest BCUT2D eigenvalue weighted by Gasteiger charge is -2.34. The van der Waals surface area contributed by atoms with Crippen molar-refractivity contribution < 1.29 is 9.59 Å². The number of carbonyl (C=O) groups excluding carboxylic acids is 2. The molecular weight excluding hydrogens is 280 g/mol. The van der Waals surface area contributed by atoms with Crippen LogP contribution in [0.15, 0.2) is 6.07 Å². The van der Waals surface area contributed by atoms with E-state index in [-0.39, 0.29) is 11.8 Å². The number of hydrogen-bond acceptors (Lipinski definition) is 3. The predicted octanol–water partition coefficient (Wildman–Crippen LogP) is 1.30. The van der Waals surface area contributed by atoms with Crippen molar-refractivity contribution in [3.05, 3.63) is 17.5 Å². The van der Waals surface area contributed by atoms with Gasteiger partial charge in [0.05, 0.1) is 0 Å². The molecular formula is C16H24N4O2. The summed E-state index contributed by atoms with van der Waals surface area (Å²) in [7, 11) is 0. The quantitative estimate of drug-likeness (QED) is 0.846. The Bertz CT molecular complexity index is 535. The van der Waals surface area contributed by atoms with Gasteiger partial charge < -0.3 is 9.80 Å². The van der Waals surface area contributed by atoms with Crippen LogP contribution in [0.5, 0.6) is 0 Å². The van der Waals surface area contributed by atoms with Crippen molar-refractivity contribution in [2.75, 3.05) is 26.2 Å². The maximum absolute atomic E-state index is 12.6. The number of rotatable bonds is 3. The highest BCUT2D eigenvalue weighted by molar-refractivity contribution is 5.92. The molecule has 0 N–H and O–H groups in total. The Morgan fingerprint density at radius 3 is 2.50 bits per heavy atom. The number of aryl methyl sites for hydroxylation is 2. The molecule has 0 atom stereocenters. The lowest BCUT2D eigenvalue weighted by molar-refractivity contribution is -0.132. The van der Waals surface area contributed by atoms with Crippen LogP contribution in [0.25, 0.3) is 0 Å². The molecule has 22 heavy (non-hydrogen) atoms. The summed E-state index contributed by atoms with van der Waals surface area (Å²) in [5.74, 6) is 0.205. The van der Waals surface area contributed by atoms with Crippen molar-refractivity contribution in [1.82, 2.24) is 19.6 Å². The largest absolute Gasteiger partial charge is 0.339 e. The summed E-state index contributed by atoms with van der Waals surface area (Å²) in [6.07, 6.45) is 4.80. The van der Waals surface area contributed by atoms with E-state index in [0.29, 0.717) is 38.3 Å². The van der Waals surface area contributed by atoms with E-state index in [4.69, 9.17) is 0 Å². The van der Waals surface area contributed by atoms with E-state index in [1.165, 1.54) is 12.1 Å². The average molecular weight is 304 g/mol. The van der Waals surface area contributed by atoms with E-state index in [9.17, 15) is 9.59 Å². The van der Waals surface area contributed by atoms with Gasteiger partial charge in [-0.3, -0.25) is 14.3 Å². The predicted molar refractivity (Wildman–Crippen MR) is 82.6 cm³/mol. The molecule has 0 aliphatic carbocycles. The van der Waals surface area contributed by atoms with Crippen LogP contribution in [-0.4, -0.2) is 57.6 Å². The van der Waals surface area contributed by atoms with Crippen molar-refractivity contribution >= 4 is 11.8 Å². The van der Waals surface area contributed by atoms with Crippen LogP contribution in [0, 0.1) is 0 Å². The number of fused-ring (bicyclic) bond motifs is 1. The number of aromatic nitrogens is 2. The van der Waals surface area contributed by atoms with Crippen molar-refractivity contribution in [2.45, 2.75) is 45.6 Å². The van der Waals surface area contributed by atoms with Gasteiger partial charge in [-0.05, 0) is 31.7 Å². The minimum absolute atomic E-state index is 0.00416. The van der Waals surface area contributed by atoms with E-state index < -0.39 is 0 Å². The van der Waals surface area contributed by atoms with Gasteiger partial charge in [0.25, 0.3) is 5.91 Å². The van der Waals surface area contributed by atoms with Crippen LogP contribution in [0.2, 0.25) is 0 Å². The molecule has 120 valence electrons.